The molecule has 1 aliphatic carbocycles. The van der Waals surface area contributed by atoms with Gasteiger partial charge in [-0.2, -0.15) is 0 Å². The van der Waals surface area contributed by atoms with E-state index in [1.54, 1.807) is 0 Å². The SMILES string of the molecule is CCCCC(CC)C(NCC)C1CCCC(S(C)(=O)=O)C1. The molecule has 4 atom stereocenters. The molecule has 1 N–H and O–H groups in total. The van der Waals surface area contributed by atoms with Gasteiger partial charge in [0.1, 0.15) is 9.84 Å². The molecule has 4 heteroatoms. The lowest BCUT2D eigenvalue weighted by Crippen LogP contribution is -2.45. The molecule has 3 nitrogen and oxygen atoms in total. The molecule has 0 aromatic rings. The number of hydrogen-bond acceptors (Lipinski definition) is 3. The second-order valence-corrected chi connectivity index (χ2v) is 9.10. The molecule has 0 radical (unpaired) electrons. The van der Waals surface area contributed by atoms with E-state index in [4.69, 9.17) is 0 Å². The summed E-state index contributed by atoms with van der Waals surface area (Å²) in [4.78, 5) is 0. The van der Waals surface area contributed by atoms with E-state index in [2.05, 4.69) is 26.1 Å². The standard InChI is InChI=1S/C17H35NO2S/c1-5-8-10-14(6-2)17(18-7-3)15-11-9-12-16(13-15)21(4,19)20/h14-18H,5-13H2,1-4H3. The Morgan fingerprint density at radius 2 is 1.90 bits per heavy atom. The third kappa shape index (κ3) is 5.90. The summed E-state index contributed by atoms with van der Waals surface area (Å²) in [5, 5.41) is 3.58. The van der Waals surface area contributed by atoms with Gasteiger partial charge in [0.2, 0.25) is 0 Å². The summed E-state index contributed by atoms with van der Waals surface area (Å²) in [6.07, 6.45) is 10.4. The van der Waals surface area contributed by atoms with Gasteiger partial charge < -0.3 is 5.32 Å². The summed E-state index contributed by atoms with van der Waals surface area (Å²) in [6, 6.07) is 0.496. The molecule has 21 heavy (non-hydrogen) atoms. The van der Waals surface area contributed by atoms with Gasteiger partial charge in [-0.25, -0.2) is 8.42 Å². The molecule has 4 unspecified atom stereocenters. The van der Waals surface area contributed by atoms with E-state index >= 15 is 0 Å². The molecule has 0 aliphatic heterocycles. The van der Waals surface area contributed by atoms with Crippen LogP contribution in [0.5, 0.6) is 0 Å². The van der Waals surface area contributed by atoms with E-state index in [0.717, 1.165) is 25.8 Å². The molecule has 0 spiro atoms. The first-order valence-corrected chi connectivity index (χ1v) is 10.8. The monoisotopic (exact) mass is 317 g/mol. The Morgan fingerprint density at radius 1 is 1.19 bits per heavy atom. The highest BCUT2D eigenvalue weighted by atomic mass is 32.2. The molecule has 0 aromatic carbocycles. The quantitative estimate of drug-likeness (QED) is 0.704. The highest BCUT2D eigenvalue weighted by Gasteiger charge is 2.35. The van der Waals surface area contributed by atoms with Crippen LogP contribution in [-0.4, -0.2) is 32.5 Å². The number of nitrogens with one attached hydrogen (secondary N) is 1. The summed E-state index contributed by atoms with van der Waals surface area (Å²) in [5.74, 6) is 1.22. The zero-order valence-corrected chi connectivity index (χ0v) is 15.2. The largest absolute Gasteiger partial charge is 0.314 e. The van der Waals surface area contributed by atoms with Gasteiger partial charge in [0, 0.05) is 12.3 Å². The lowest BCUT2D eigenvalue weighted by Gasteiger charge is -2.38. The Kier molecular flexibility index (Phi) is 8.25. The first-order chi connectivity index (χ1) is 9.93. The minimum Gasteiger partial charge on any atom is -0.314 e. The van der Waals surface area contributed by atoms with E-state index in [-0.39, 0.29) is 5.25 Å². The molecule has 1 fully saturated rings. The minimum absolute atomic E-state index is 0.110. The van der Waals surface area contributed by atoms with Gasteiger partial charge in [0.15, 0.2) is 0 Å². The second kappa shape index (κ2) is 9.14. The van der Waals surface area contributed by atoms with Crippen molar-refractivity contribution in [1.29, 1.82) is 0 Å². The molecule has 0 aromatic heterocycles. The van der Waals surface area contributed by atoms with Crippen molar-refractivity contribution in [2.45, 2.75) is 83.4 Å². The number of hydrogen-bond donors (Lipinski definition) is 1. The van der Waals surface area contributed by atoms with Gasteiger partial charge in [-0.05, 0) is 44.1 Å². The fraction of sp³-hybridized carbons (Fsp3) is 1.00. The first-order valence-electron chi connectivity index (χ1n) is 8.86. The van der Waals surface area contributed by atoms with Crippen molar-refractivity contribution in [2.75, 3.05) is 12.8 Å². The van der Waals surface area contributed by atoms with Crippen molar-refractivity contribution in [2.24, 2.45) is 11.8 Å². The van der Waals surface area contributed by atoms with Crippen LogP contribution in [0.25, 0.3) is 0 Å². The summed E-state index contributed by atoms with van der Waals surface area (Å²) >= 11 is 0. The van der Waals surface area contributed by atoms with Crippen molar-refractivity contribution in [3.63, 3.8) is 0 Å². The Bertz CT molecular complexity index is 380. The Labute approximate surface area is 132 Å². The van der Waals surface area contributed by atoms with Crippen molar-refractivity contribution >= 4 is 9.84 Å². The topological polar surface area (TPSA) is 46.2 Å². The smallest absolute Gasteiger partial charge is 0.150 e. The predicted molar refractivity (Wildman–Crippen MR) is 91.4 cm³/mol. The number of rotatable bonds is 9. The van der Waals surface area contributed by atoms with Gasteiger partial charge in [-0.15, -0.1) is 0 Å². The van der Waals surface area contributed by atoms with E-state index < -0.39 is 9.84 Å². The molecule has 1 aliphatic rings. The van der Waals surface area contributed by atoms with Crippen molar-refractivity contribution in [3.8, 4) is 0 Å². The number of unbranched alkanes of at least 4 members (excludes halogenated alkanes) is 1. The maximum atomic E-state index is 11.9. The molecular weight excluding hydrogens is 282 g/mol. The highest BCUT2D eigenvalue weighted by Crippen LogP contribution is 2.35. The van der Waals surface area contributed by atoms with Crippen LogP contribution in [0.1, 0.15) is 72.1 Å². The lowest BCUT2D eigenvalue weighted by atomic mass is 9.76. The summed E-state index contributed by atoms with van der Waals surface area (Å²) in [7, 11) is -2.88. The third-order valence-corrected chi connectivity index (χ3v) is 6.82. The first kappa shape index (κ1) is 19.0. The van der Waals surface area contributed by atoms with Gasteiger partial charge in [0.05, 0.1) is 5.25 Å². The molecule has 0 bridgehead atoms. The van der Waals surface area contributed by atoms with Crippen LogP contribution in [0.2, 0.25) is 0 Å². The van der Waals surface area contributed by atoms with Crippen LogP contribution in [0.3, 0.4) is 0 Å². The molecule has 0 heterocycles. The summed E-state index contributed by atoms with van der Waals surface area (Å²) < 4.78 is 23.8. The highest BCUT2D eigenvalue weighted by molar-refractivity contribution is 7.91. The fourth-order valence-electron chi connectivity index (χ4n) is 3.95. The third-order valence-electron chi connectivity index (χ3n) is 5.18. The maximum absolute atomic E-state index is 11.9. The molecule has 0 saturated heterocycles. The van der Waals surface area contributed by atoms with Crippen molar-refractivity contribution < 1.29 is 8.42 Å². The average Bonchev–Trinajstić information content (AvgIpc) is 2.46. The number of sulfone groups is 1. The van der Waals surface area contributed by atoms with E-state index in [0.29, 0.717) is 17.9 Å². The predicted octanol–water partition coefficient (Wildman–Crippen LogP) is 3.78. The van der Waals surface area contributed by atoms with Gasteiger partial charge in [-0.3, -0.25) is 0 Å². The second-order valence-electron chi connectivity index (χ2n) is 6.77. The lowest BCUT2D eigenvalue weighted by molar-refractivity contribution is 0.195. The Balaban J connectivity index is 2.78. The zero-order chi connectivity index (χ0) is 15.9. The van der Waals surface area contributed by atoms with E-state index in [1.807, 2.05) is 0 Å². The summed E-state index contributed by atoms with van der Waals surface area (Å²) in [5.41, 5.74) is 0. The van der Waals surface area contributed by atoms with Crippen LogP contribution in [-0.2, 0) is 9.84 Å². The molecular formula is C17H35NO2S. The van der Waals surface area contributed by atoms with Crippen LogP contribution in [0.4, 0.5) is 0 Å². The molecule has 126 valence electrons. The summed E-state index contributed by atoms with van der Waals surface area (Å²) in [6.45, 7) is 7.67. The molecule has 0 amide bonds. The Hall–Kier alpha value is -0.0900. The van der Waals surface area contributed by atoms with Crippen LogP contribution < -0.4 is 5.32 Å². The fourth-order valence-corrected chi connectivity index (χ4v) is 5.15. The van der Waals surface area contributed by atoms with Crippen LogP contribution >= 0.6 is 0 Å². The molecule has 1 saturated carbocycles. The Morgan fingerprint density at radius 3 is 2.43 bits per heavy atom. The normalized spacial score (nSPS) is 26.5. The van der Waals surface area contributed by atoms with E-state index in [1.165, 1.54) is 38.4 Å². The van der Waals surface area contributed by atoms with Gasteiger partial charge in [0.25, 0.3) is 0 Å². The van der Waals surface area contributed by atoms with Gasteiger partial charge >= 0.3 is 0 Å². The van der Waals surface area contributed by atoms with Crippen molar-refractivity contribution in [3.05, 3.63) is 0 Å². The van der Waals surface area contributed by atoms with Crippen LogP contribution in [0.15, 0.2) is 0 Å². The van der Waals surface area contributed by atoms with Gasteiger partial charge in [-0.1, -0.05) is 46.5 Å². The maximum Gasteiger partial charge on any atom is 0.150 e. The molecule has 1 rings (SSSR count). The zero-order valence-electron chi connectivity index (χ0n) is 14.4. The average molecular weight is 318 g/mol. The van der Waals surface area contributed by atoms with Crippen molar-refractivity contribution in [1.82, 2.24) is 5.32 Å². The minimum atomic E-state index is -2.88. The van der Waals surface area contributed by atoms with Crippen LogP contribution in [0, 0.1) is 11.8 Å². The van der Waals surface area contributed by atoms with E-state index in [9.17, 15) is 8.42 Å².